The van der Waals surface area contributed by atoms with E-state index < -0.39 is 0 Å². The molecule has 0 unspecified atom stereocenters. The molecule has 1 aliphatic heterocycles. The number of fused-ring (bicyclic) bond motifs is 1. The molecule has 0 atom stereocenters. The van der Waals surface area contributed by atoms with Gasteiger partial charge in [0.15, 0.2) is 0 Å². The molecule has 0 radical (unpaired) electrons. The van der Waals surface area contributed by atoms with E-state index in [1.807, 2.05) is 31.2 Å². The Hall–Kier alpha value is -2.83. The lowest BCUT2D eigenvalue weighted by Crippen LogP contribution is -2.37. The average Bonchev–Trinajstić information content (AvgIpc) is 3.07. The molecule has 0 aliphatic carbocycles. The van der Waals surface area contributed by atoms with E-state index in [9.17, 15) is 9.59 Å². The summed E-state index contributed by atoms with van der Waals surface area (Å²) in [5.41, 5.74) is 1.96. The lowest BCUT2D eigenvalue weighted by Gasteiger charge is -2.29. The van der Waals surface area contributed by atoms with Crippen molar-refractivity contribution in [3.05, 3.63) is 75.6 Å². The van der Waals surface area contributed by atoms with Gasteiger partial charge < -0.3 is 15.0 Å². The molecule has 0 saturated carbocycles. The zero-order chi connectivity index (χ0) is 19.7. The first-order valence-corrected chi connectivity index (χ1v) is 9.94. The van der Waals surface area contributed by atoms with Crippen LogP contribution in [-0.4, -0.2) is 25.0 Å². The standard InChI is InChI=1S/C21H17ClN2O3S/c1-13-12-18(23-20(25)14-6-2-3-7-15(14)22)28-19(13)21(26)24-10-11-27-17-9-5-4-8-16(17)24/h2-9,12H,10-11H2,1H3,(H,23,25). The smallest absolute Gasteiger partial charge is 0.268 e. The van der Waals surface area contributed by atoms with Crippen LogP contribution >= 0.6 is 22.9 Å². The third kappa shape index (κ3) is 3.48. The number of hydrogen-bond donors (Lipinski definition) is 1. The molecule has 2 amide bonds. The third-order valence-electron chi connectivity index (χ3n) is 4.44. The molecule has 1 aromatic heterocycles. The molecule has 2 aromatic carbocycles. The highest BCUT2D eigenvalue weighted by Crippen LogP contribution is 2.35. The molecule has 7 heteroatoms. The molecule has 0 saturated heterocycles. The second-order valence-electron chi connectivity index (χ2n) is 6.33. The molecule has 3 aromatic rings. The van der Waals surface area contributed by atoms with Crippen molar-refractivity contribution < 1.29 is 14.3 Å². The zero-order valence-electron chi connectivity index (χ0n) is 15.1. The number of amides is 2. The number of thiophene rings is 1. The second kappa shape index (κ2) is 7.66. The van der Waals surface area contributed by atoms with Crippen molar-refractivity contribution >= 4 is 45.4 Å². The van der Waals surface area contributed by atoms with Crippen LogP contribution in [0.1, 0.15) is 25.6 Å². The highest BCUT2D eigenvalue weighted by Gasteiger charge is 2.27. The molecule has 0 bridgehead atoms. The number of aryl methyl sites for hydroxylation is 1. The molecule has 142 valence electrons. The van der Waals surface area contributed by atoms with E-state index in [2.05, 4.69) is 5.32 Å². The van der Waals surface area contributed by atoms with E-state index in [0.29, 0.717) is 39.4 Å². The first-order valence-electron chi connectivity index (χ1n) is 8.74. The summed E-state index contributed by atoms with van der Waals surface area (Å²) in [5.74, 6) is 0.294. The molecular formula is C21H17ClN2O3S. The minimum absolute atomic E-state index is 0.100. The van der Waals surface area contributed by atoms with Crippen LogP contribution in [0.25, 0.3) is 0 Å². The summed E-state index contributed by atoms with van der Waals surface area (Å²) >= 11 is 7.35. The SMILES string of the molecule is Cc1cc(NC(=O)c2ccccc2Cl)sc1C(=O)N1CCOc2ccccc21. The Balaban J connectivity index is 1.58. The Kier molecular flexibility index (Phi) is 5.07. The van der Waals surface area contributed by atoms with Crippen molar-refractivity contribution in [3.8, 4) is 5.75 Å². The number of ether oxygens (including phenoxy) is 1. The number of carbonyl (C=O) groups is 2. The Morgan fingerprint density at radius 3 is 2.71 bits per heavy atom. The minimum Gasteiger partial charge on any atom is -0.490 e. The summed E-state index contributed by atoms with van der Waals surface area (Å²) in [5, 5.41) is 3.82. The van der Waals surface area contributed by atoms with Crippen LogP contribution in [-0.2, 0) is 0 Å². The second-order valence-corrected chi connectivity index (χ2v) is 7.79. The predicted molar refractivity (Wildman–Crippen MR) is 112 cm³/mol. The van der Waals surface area contributed by atoms with Crippen molar-refractivity contribution in [2.24, 2.45) is 0 Å². The normalized spacial score (nSPS) is 12.9. The van der Waals surface area contributed by atoms with Crippen molar-refractivity contribution in [2.45, 2.75) is 6.92 Å². The van der Waals surface area contributed by atoms with Crippen LogP contribution in [0.4, 0.5) is 10.7 Å². The third-order valence-corrected chi connectivity index (χ3v) is 5.91. The van der Waals surface area contributed by atoms with Gasteiger partial charge in [-0.2, -0.15) is 0 Å². The van der Waals surface area contributed by atoms with Crippen LogP contribution < -0.4 is 15.0 Å². The van der Waals surface area contributed by atoms with Crippen molar-refractivity contribution in [3.63, 3.8) is 0 Å². The van der Waals surface area contributed by atoms with Gasteiger partial charge in [0.05, 0.1) is 32.7 Å². The van der Waals surface area contributed by atoms with Gasteiger partial charge in [-0.15, -0.1) is 11.3 Å². The fraction of sp³-hybridized carbons (Fsp3) is 0.143. The molecule has 0 spiro atoms. The maximum Gasteiger partial charge on any atom is 0.268 e. The van der Waals surface area contributed by atoms with Crippen LogP contribution in [0.5, 0.6) is 5.75 Å². The predicted octanol–water partition coefficient (Wildman–Crippen LogP) is 5.00. The number of benzene rings is 2. The summed E-state index contributed by atoms with van der Waals surface area (Å²) < 4.78 is 5.63. The summed E-state index contributed by atoms with van der Waals surface area (Å²) in [6, 6.07) is 16.1. The van der Waals surface area contributed by atoms with Gasteiger partial charge >= 0.3 is 0 Å². The van der Waals surface area contributed by atoms with E-state index >= 15 is 0 Å². The Bertz CT molecular complexity index is 1060. The number of carbonyl (C=O) groups excluding carboxylic acids is 2. The van der Waals surface area contributed by atoms with E-state index in [1.165, 1.54) is 11.3 Å². The summed E-state index contributed by atoms with van der Waals surface area (Å²) in [4.78, 5) is 28.0. The molecule has 2 heterocycles. The van der Waals surface area contributed by atoms with Gasteiger partial charge in [-0.3, -0.25) is 9.59 Å². The zero-order valence-corrected chi connectivity index (χ0v) is 16.6. The molecule has 5 nitrogen and oxygen atoms in total. The fourth-order valence-electron chi connectivity index (χ4n) is 3.08. The number of hydrogen-bond acceptors (Lipinski definition) is 4. The van der Waals surface area contributed by atoms with Crippen LogP contribution in [0.2, 0.25) is 5.02 Å². The Morgan fingerprint density at radius 1 is 1.14 bits per heavy atom. The topological polar surface area (TPSA) is 58.6 Å². The maximum absolute atomic E-state index is 13.2. The number of nitrogens with zero attached hydrogens (tertiary/aromatic N) is 1. The molecule has 28 heavy (non-hydrogen) atoms. The van der Waals surface area contributed by atoms with Gasteiger partial charge in [0.1, 0.15) is 12.4 Å². The van der Waals surface area contributed by atoms with Crippen LogP contribution in [0.15, 0.2) is 54.6 Å². The maximum atomic E-state index is 13.2. The molecule has 4 rings (SSSR count). The largest absolute Gasteiger partial charge is 0.490 e. The fourth-order valence-corrected chi connectivity index (χ4v) is 4.32. The summed E-state index contributed by atoms with van der Waals surface area (Å²) in [6.07, 6.45) is 0. The Morgan fingerprint density at radius 2 is 1.89 bits per heavy atom. The minimum atomic E-state index is -0.303. The van der Waals surface area contributed by atoms with Gasteiger partial charge in [-0.1, -0.05) is 35.9 Å². The van der Waals surface area contributed by atoms with Crippen molar-refractivity contribution in [2.75, 3.05) is 23.4 Å². The van der Waals surface area contributed by atoms with Gasteiger partial charge in [0.2, 0.25) is 0 Å². The molecular weight excluding hydrogens is 396 g/mol. The first kappa shape index (κ1) is 18.5. The van der Waals surface area contributed by atoms with Crippen molar-refractivity contribution in [1.82, 2.24) is 0 Å². The highest BCUT2D eigenvalue weighted by molar-refractivity contribution is 7.18. The quantitative estimate of drug-likeness (QED) is 0.658. The number of anilines is 2. The monoisotopic (exact) mass is 412 g/mol. The number of rotatable bonds is 3. The molecule has 1 N–H and O–H groups in total. The van der Waals surface area contributed by atoms with Crippen LogP contribution in [0, 0.1) is 6.92 Å². The summed E-state index contributed by atoms with van der Waals surface area (Å²) in [7, 11) is 0. The first-order chi connectivity index (χ1) is 13.5. The lowest BCUT2D eigenvalue weighted by atomic mass is 10.2. The molecule has 1 aliphatic rings. The Labute approximate surface area is 171 Å². The van der Waals surface area contributed by atoms with Gasteiger partial charge in [0.25, 0.3) is 11.8 Å². The van der Waals surface area contributed by atoms with Gasteiger partial charge in [-0.25, -0.2) is 0 Å². The molecule has 0 fully saturated rings. The van der Waals surface area contributed by atoms with E-state index in [4.69, 9.17) is 16.3 Å². The van der Waals surface area contributed by atoms with E-state index in [0.717, 1.165) is 11.3 Å². The highest BCUT2D eigenvalue weighted by atomic mass is 35.5. The van der Waals surface area contributed by atoms with Gasteiger partial charge in [-0.05, 0) is 42.8 Å². The van der Waals surface area contributed by atoms with Crippen molar-refractivity contribution in [1.29, 1.82) is 0 Å². The van der Waals surface area contributed by atoms with Crippen LogP contribution in [0.3, 0.4) is 0 Å². The number of nitrogens with one attached hydrogen (secondary N) is 1. The average molecular weight is 413 g/mol. The lowest BCUT2D eigenvalue weighted by molar-refractivity contribution is 0.0978. The summed E-state index contributed by atoms with van der Waals surface area (Å²) in [6.45, 7) is 2.79. The van der Waals surface area contributed by atoms with Gasteiger partial charge in [0, 0.05) is 0 Å². The number of halogens is 1. The van der Waals surface area contributed by atoms with E-state index in [-0.39, 0.29) is 11.8 Å². The van der Waals surface area contributed by atoms with E-state index in [1.54, 1.807) is 35.2 Å². The number of para-hydroxylation sites is 2.